The smallest absolute Gasteiger partial charge is 0.245 e. The van der Waals surface area contributed by atoms with E-state index in [9.17, 15) is 13.2 Å². The summed E-state index contributed by atoms with van der Waals surface area (Å²) in [5.74, 6) is -0.0525. The van der Waals surface area contributed by atoms with Gasteiger partial charge in [0.05, 0.1) is 4.90 Å². The number of amides is 1. The lowest BCUT2D eigenvalue weighted by Crippen LogP contribution is -2.37. The van der Waals surface area contributed by atoms with Gasteiger partial charge in [-0.15, -0.1) is 0 Å². The quantitative estimate of drug-likeness (QED) is 0.773. The number of nitrogens with zero attached hydrogens (tertiary/aromatic N) is 3. The molecule has 6 nitrogen and oxygen atoms in total. The van der Waals surface area contributed by atoms with Crippen molar-refractivity contribution in [1.82, 2.24) is 9.21 Å². The largest absolute Gasteiger partial charge is 0.378 e. The van der Waals surface area contributed by atoms with Gasteiger partial charge in [0.1, 0.15) is 6.17 Å². The van der Waals surface area contributed by atoms with Gasteiger partial charge in [0.2, 0.25) is 15.9 Å². The van der Waals surface area contributed by atoms with E-state index in [0.717, 1.165) is 16.8 Å². The molecule has 1 saturated heterocycles. The summed E-state index contributed by atoms with van der Waals surface area (Å²) in [5, 5.41) is 0. The average Bonchev–Trinajstić information content (AvgIpc) is 3.13. The van der Waals surface area contributed by atoms with E-state index in [0.29, 0.717) is 13.0 Å². The van der Waals surface area contributed by atoms with Crippen molar-refractivity contribution in [1.29, 1.82) is 0 Å². The van der Waals surface area contributed by atoms with Crippen molar-refractivity contribution in [3.63, 3.8) is 0 Å². The molecule has 1 aliphatic rings. The van der Waals surface area contributed by atoms with Crippen LogP contribution >= 0.6 is 0 Å². The molecule has 0 saturated carbocycles. The molecule has 0 bridgehead atoms. The first-order valence-corrected chi connectivity index (χ1v) is 10.8. The van der Waals surface area contributed by atoms with Crippen LogP contribution in [0.2, 0.25) is 0 Å². The zero-order chi connectivity index (χ0) is 20.5. The maximum absolute atomic E-state index is 13.3. The first-order valence-electron chi connectivity index (χ1n) is 9.41. The van der Waals surface area contributed by atoms with Gasteiger partial charge in [-0.05, 0) is 36.8 Å². The van der Waals surface area contributed by atoms with Crippen LogP contribution in [0.4, 0.5) is 5.69 Å². The Morgan fingerprint density at radius 1 is 1.04 bits per heavy atom. The summed E-state index contributed by atoms with van der Waals surface area (Å²) in [5.41, 5.74) is 2.81. The molecule has 28 heavy (non-hydrogen) atoms. The predicted molar refractivity (Wildman–Crippen MR) is 111 cm³/mol. The Morgan fingerprint density at radius 3 is 2.18 bits per heavy atom. The van der Waals surface area contributed by atoms with E-state index in [2.05, 4.69) is 0 Å². The Bertz CT molecular complexity index is 938. The second-order valence-corrected chi connectivity index (χ2v) is 9.12. The Balaban J connectivity index is 2.03. The molecule has 1 heterocycles. The number of anilines is 1. The van der Waals surface area contributed by atoms with Crippen LogP contribution in [-0.2, 0) is 14.8 Å². The molecule has 0 unspecified atom stereocenters. The molecule has 2 aromatic carbocycles. The van der Waals surface area contributed by atoms with Crippen molar-refractivity contribution in [2.45, 2.75) is 31.3 Å². The highest BCUT2D eigenvalue weighted by molar-refractivity contribution is 7.89. The van der Waals surface area contributed by atoms with Crippen molar-refractivity contribution in [2.75, 3.05) is 32.1 Å². The fraction of sp³-hybridized carbons (Fsp3) is 0.381. The molecule has 3 rings (SSSR count). The first kappa shape index (κ1) is 20.4. The third-order valence-electron chi connectivity index (χ3n) is 5.09. The minimum atomic E-state index is -3.72. The number of aryl methyl sites for hydroxylation is 1. The number of benzene rings is 2. The second-order valence-electron chi connectivity index (χ2n) is 7.23. The van der Waals surface area contributed by atoms with E-state index in [1.165, 1.54) is 4.31 Å². The molecule has 0 aliphatic carbocycles. The average molecular weight is 402 g/mol. The summed E-state index contributed by atoms with van der Waals surface area (Å²) < 4.78 is 28.1. The lowest BCUT2D eigenvalue weighted by atomic mass is 10.1. The van der Waals surface area contributed by atoms with E-state index in [4.69, 9.17) is 0 Å². The van der Waals surface area contributed by atoms with Crippen LogP contribution in [0.3, 0.4) is 0 Å². The summed E-state index contributed by atoms with van der Waals surface area (Å²) in [7, 11) is 0.175. The van der Waals surface area contributed by atoms with Crippen molar-refractivity contribution in [3.05, 3.63) is 59.7 Å². The minimum Gasteiger partial charge on any atom is -0.378 e. The van der Waals surface area contributed by atoms with Gasteiger partial charge in [0.15, 0.2) is 0 Å². The number of carbonyl (C=O) groups excluding carboxylic acids is 1. The van der Waals surface area contributed by atoms with Gasteiger partial charge >= 0.3 is 0 Å². The Kier molecular flexibility index (Phi) is 5.76. The summed E-state index contributed by atoms with van der Waals surface area (Å²) in [6.45, 7) is 4.38. The molecule has 2 aromatic rings. The van der Waals surface area contributed by atoms with Gasteiger partial charge in [-0.25, -0.2) is 8.42 Å². The van der Waals surface area contributed by atoms with E-state index >= 15 is 0 Å². The van der Waals surface area contributed by atoms with Crippen LogP contribution in [0, 0.1) is 6.92 Å². The third-order valence-corrected chi connectivity index (χ3v) is 6.95. The molecule has 150 valence electrons. The van der Waals surface area contributed by atoms with Crippen LogP contribution in [0.25, 0.3) is 0 Å². The minimum absolute atomic E-state index is 0.0525. The molecule has 1 amide bonds. The molecular formula is C21H27N3O3S. The normalized spacial score (nSPS) is 17.7. The fourth-order valence-corrected chi connectivity index (χ4v) is 5.03. The zero-order valence-electron chi connectivity index (χ0n) is 16.8. The van der Waals surface area contributed by atoms with Gasteiger partial charge in [0.25, 0.3) is 0 Å². The molecule has 1 fully saturated rings. The van der Waals surface area contributed by atoms with Crippen molar-refractivity contribution in [3.8, 4) is 0 Å². The number of sulfonamides is 1. The molecule has 0 aromatic heterocycles. The van der Waals surface area contributed by atoms with E-state index < -0.39 is 16.2 Å². The SMILES string of the molecule is CCC(=O)N1CCN(S(=O)(=O)c2ccc(C)cc2)[C@H]1c1ccc(N(C)C)cc1. The summed E-state index contributed by atoms with van der Waals surface area (Å²) in [4.78, 5) is 16.4. The van der Waals surface area contributed by atoms with Crippen molar-refractivity contribution >= 4 is 21.6 Å². The molecule has 1 atom stereocenters. The first-order chi connectivity index (χ1) is 13.3. The van der Waals surface area contributed by atoms with Gasteiger partial charge < -0.3 is 9.80 Å². The molecule has 0 radical (unpaired) electrons. The van der Waals surface area contributed by atoms with Crippen LogP contribution < -0.4 is 4.90 Å². The number of hydrogen-bond donors (Lipinski definition) is 0. The Morgan fingerprint density at radius 2 is 1.64 bits per heavy atom. The Hall–Kier alpha value is -2.38. The van der Waals surface area contributed by atoms with E-state index in [-0.39, 0.29) is 17.3 Å². The van der Waals surface area contributed by atoms with Crippen molar-refractivity contribution < 1.29 is 13.2 Å². The second kappa shape index (κ2) is 7.93. The number of hydrogen-bond acceptors (Lipinski definition) is 4. The van der Waals surface area contributed by atoms with Crippen LogP contribution in [0.5, 0.6) is 0 Å². The predicted octanol–water partition coefficient (Wildman–Crippen LogP) is 3.00. The van der Waals surface area contributed by atoms with Gasteiger partial charge in [0, 0.05) is 39.3 Å². The van der Waals surface area contributed by atoms with Crippen molar-refractivity contribution in [2.24, 2.45) is 0 Å². The van der Waals surface area contributed by atoms with Crippen LogP contribution in [0.1, 0.15) is 30.6 Å². The molecule has 7 heteroatoms. The maximum atomic E-state index is 13.3. The van der Waals surface area contributed by atoms with Gasteiger partial charge in [-0.2, -0.15) is 4.31 Å². The highest BCUT2D eigenvalue weighted by Crippen LogP contribution is 2.36. The van der Waals surface area contributed by atoms with E-state index in [1.54, 1.807) is 36.1 Å². The fourth-order valence-electron chi connectivity index (χ4n) is 3.46. The lowest BCUT2D eigenvalue weighted by Gasteiger charge is -2.30. The highest BCUT2D eigenvalue weighted by Gasteiger charge is 2.42. The van der Waals surface area contributed by atoms with Gasteiger partial charge in [-0.3, -0.25) is 4.79 Å². The Labute approximate surface area is 167 Å². The topological polar surface area (TPSA) is 60.9 Å². The standard InChI is InChI=1S/C21H27N3O3S/c1-5-20(25)23-14-15-24(28(26,27)19-12-6-16(2)7-13-19)21(23)17-8-10-18(11-9-17)22(3)4/h6-13,21H,5,14-15H2,1-4H3/t21-/m0/s1. The summed E-state index contributed by atoms with van der Waals surface area (Å²) in [6, 6.07) is 14.5. The molecule has 1 aliphatic heterocycles. The van der Waals surface area contributed by atoms with Gasteiger partial charge in [-0.1, -0.05) is 36.8 Å². The number of rotatable bonds is 5. The summed E-state index contributed by atoms with van der Waals surface area (Å²) >= 11 is 0. The maximum Gasteiger partial charge on any atom is 0.245 e. The van der Waals surface area contributed by atoms with Crippen LogP contribution in [-0.4, -0.2) is 50.7 Å². The molecule has 0 spiro atoms. The van der Waals surface area contributed by atoms with E-state index in [1.807, 2.05) is 50.2 Å². The third kappa shape index (κ3) is 3.77. The molecular weight excluding hydrogens is 374 g/mol. The summed E-state index contributed by atoms with van der Waals surface area (Å²) in [6.07, 6.45) is -0.292. The zero-order valence-corrected chi connectivity index (χ0v) is 17.6. The molecule has 0 N–H and O–H groups in total. The number of carbonyl (C=O) groups is 1. The highest BCUT2D eigenvalue weighted by atomic mass is 32.2. The lowest BCUT2D eigenvalue weighted by molar-refractivity contribution is -0.132. The van der Waals surface area contributed by atoms with Crippen LogP contribution in [0.15, 0.2) is 53.4 Å². The monoisotopic (exact) mass is 401 g/mol.